The van der Waals surface area contributed by atoms with E-state index in [2.05, 4.69) is 22.4 Å². The second-order valence-electron chi connectivity index (χ2n) is 7.21. The van der Waals surface area contributed by atoms with E-state index in [1.807, 2.05) is 60.4 Å². The molecule has 148 valence electrons. The van der Waals surface area contributed by atoms with Crippen LogP contribution in [0.3, 0.4) is 0 Å². The third-order valence-corrected chi connectivity index (χ3v) is 5.23. The molecule has 0 atom stereocenters. The van der Waals surface area contributed by atoms with Crippen molar-refractivity contribution in [3.63, 3.8) is 0 Å². The van der Waals surface area contributed by atoms with Crippen LogP contribution in [-0.2, 0) is 4.79 Å². The van der Waals surface area contributed by atoms with Crippen molar-refractivity contribution in [2.45, 2.75) is 26.7 Å². The molecule has 1 N–H and O–H groups in total. The molecule has 1 amide bonds. The summed E-state index contributed by atoms with van der Waals surface area (Å²) < 4.78 is 5.30. The number of carbonyl (C=O) groups excluding carboxylic acids is 1. The van der Waals surface area contributed by atoms with Gasteiger partial charge >= 0.3 is 0 Å². The number of anilines is 2. The lowest BCUT2D eigenvalue weighted by atomic mass is 10.1. The molecule has 2 heterocycles. The summed E-state index contributed by atoms with van der Waals surface area (Å²) in [5.74, 6) is 1.65. The number of hydrogen-bond acceptors (Lipinski definition) is 5. The van der Waals surface area contributed by atoms with Crippen LogP contribution in [0.4, 0.5) is 11.5 Å². The molecule has 6 heteroatoms. The van der Waals surface area contributed by atoms with Crippen molar-refractivity contribution in [2.24, 2.45) is 5.10 Å². The highest BCUT2D eigenvalue weighted by Gasteiger charge is 2.21. The summed E-state index contributed by atoms with van der Waals surface area (Å²) in [5, 5.41) is 5.58. The molecule has 29 heavy (non-hydrogen) atoms. The summed E-state index contributed by atoms with van der Waals surface area (Å²) >= 11 is 0. The number of hydrogen-bond donors (Lipinski definition) is 1. The van der Waals surface area contributed by atoms with E-state index in [4.69, 9.17) is 4.74 Å². The number of methoxy groups -OCH3 is 1. The smallest absolute Gasteiger partial charge is 0.227 e. The number of benzene rings is 2. The third-order valence-electron chi connectivity index (χ3n) is 5.23. The van der Waals surface area contributed by atoms with Gasteiger partial charge in [-0.1, -0.05) is 12.1 Å². The van der Waals surface area contributed by atoms with Crippen molar-refractivity contribution in [3.05, 3.63) is 59.7 Å². The topological polar surface area (TPSA) is 66.8 Å². The number of nitrogens with one attached hydrogen (secondary N) is 1. The number of hydrazone groups is 1. The van der Waals surface area contributed by atoms with E-state index in [1.54, 1.807) is 7.11 Å². The van der Waals surface area contributed by atoms with Gasteiger partial charge in [-0.05, 0) is 61.7 Å². The summed E-state index contributed by atoms with van der Waals surface area (Å²) in [6, 6.07) is 15.8. The molecule has 0 radical (unpaired) electrons. The number of aryl methyl sites for hydroxylation is 1. The molecule has 1 aromatic heterocycles. The Bertz CT molecular complexity index is 1090. The van der Waals surface area contributed by atoms with Crippen molar-refractivity contribution >= 4 is 34.0 Å². The van der Waals surface area contributed by atoms with Crippen LogP contribution in [-0.4, -0.2) is 30.3 Å². The van der Waals surface area contributed by atoms with Gasteiger partial charge in [0, 0.05) is 30.1 Å². The van der Waals surface area contributed by atoms with Crippen LogP contribution in [0, 0.1) is 6.92 Å². The van der Waals surface area contributed by atoms with E-state index in [0.717, 1.165) is 52.1 Å². The van der Waals surface area contributed by atoms with Gasteiger partial charge in [-0.25, -0.2) is 4.98 Å². The maximum atomic E-state index is 11.9. The van der Waals surface area contributed by atoms with Crippen LogP contribution >= 0.6 is 0 Å². The molecule has 3 aromatic rings. The Morgan fingerprint density at radius 2 is 1.97 bits per heavy atom. The van der Waals surface area contributed by atoms with Crippen LogP contribution < -0.4 is 15.1 Å². The zero-order valence-electron chi connectivity index (χ0n) is 16.9. The van der Waals surface area contributed by atoms with Gasteiger partial charge in [0.15, 0.2) is 0 Å². The van der Waals surface area contributed by atoms with Crippen molar-refractivity contribution in [3.8, 4) is 5.75 Å². The van der Waals surface area contributed by atoms with E-state index in [-0.39, 0.29) is 5.91 Å². The Morgan fingerprint density at radius 1 is 1.17 bits per heavy atom. The Kier molecular flexibility index (Phi) is 5.16. The molecule has 6 nitrogen and oxygen atoms in total. The standard InChI is InChI=1S/C23H24N4O2/c1-15-13-22(24-21-14-19(29-3)10-11-20(15)21)26-25-16(2)17-6-8-18(9-7-17)27-12-4-5-23(27)28/h6-11,13-14H,4-5,12H2,1-3H3,(H,24,26)/b25-16-. The summed E-state index contributed by atoms with van der Waals surface area (Å²) in [6.45, 7) is 4.79. The first-order chi connectivity index (χ1) is 14.0. The molecule has 0 unspecified atom stereocenters. The van der Waals surface area contributed by atoms with Crippen LogP contribution in [0.1, 0.15) is 30.9 Å². The van der Waals surface area contributed by atoms with Gasteiger partial charge < -0.3 is 9.64 Å². The molecule has 1 aliphatic heterocycles. The average Bonchev–Trinajstić information content (AvgIpc) is 3.17. The summed E-state index contributed by atoms with van der Waals surface area (Å²) in [7, 11) is 1.65. The normalized spacial score (nSPS) is 14.5. The second kappa shape index (κ2) is 7.91. The van der Waals surface area contributed by atoms with Crippen molar-refractivity contribution in [1.29, 1.82) is 0 Å². The second-order valence-corrected chi connectivity index (χ2v) is 7.21. The molecule has 1 fully saturated rings. The molecule has 1 aliphatic rings. The van der Waals surface area contributed by atoms with Crippen molar-refractivity contribution in [1.82, 2.24) is 4.98 Å². The van der Waals surface area contributed by atoms with E-state index < -0.39 is 0 Å². The molecule has 0 aliphatic carbocycles. The first-order valence-electron chi connectivity index (χ1n) is 9.71. The number of aromatic nitrogens is 1. The van der Waals surface area contributed by atoms with Crippen molar-refractivity contribution in [2.75, 3.05) is 24.0 Å². The summed E-state index contributed by atoms with van der Waals surface area (Å²) in [6.07, 6.45) is 1.56. The Labute approximate surface area is 170 Å². The van der Waals surface area contributed by atoms with Crippen molar-refractivity contribution < 1.29 is 9.53 Å². The monoisotopic (exact) mass is 388 g/mol. The lowest BCUT2D eigenvalue weighted by molar-refractivity contribution is -0.117. The fourth-order valence-electron chi connectivity index (χ4n) is 3.58. The highest BCUT2D eigenvalue weighted by Crippen LogP contribution is 2.25. The van der Waals surface area contributed by atoms with Crippen LogP contribution in [0.2, 0.25) is 0 Å². The minimum Gasteiger partial charge on any atom is -0.497 e. The van der Waals surface area contributed by atoms with Gasteiger partial charge in [0.05, 0.1) is 18.3 Å². The molecular weight excluding hydrogens is 364 g/mol. The molecule has 1 saturated heterocycles. The number of carbonyl (C=O) groups is 1. The van der Waals surface area contributed by atoms with E-state index >= 15 is 0 Å². The van der Waals surface area contributed by atoms with Gasteiger partial charge in [0.2, 0.25) is 5.91 Å². The van der Waals surface area contributed by atoms with Gasteiger partial charge in [-0.2, -0.15) is 5.10 Å². The summed E-state index contributed by atoms with van der Waals surface area (Å²) in [5.41, 5.74) is 7.82. The maximum Gasteiger partial charge on any atom is 0.227 e. The van der Waals surface area contributed by atoms with E-state index in [9.17, 15) is 4.79 Å². The maximum absolute atomic E-state index is 11.9. The Morgan fingerprint density at radius 3 is 2.66 bits per heavy atom. The summed E-state index contributed by atoms with van der Waals surface area (Å²) in [4.78, 5) is 18.4. The number of rotatable bonds is 5. The van der Waals surface area contributed by atoms with Crippen LogP contribution in [0.15, 0.2) is 53.6 Å². The Balaban J connectivity index is 1.53. The Hall–Kier alpha value is -3.41. The lowest BCUT2D eigenvalue weighted by Gasteiger charge is -2.15. The molecule has 2 aromatic carbocycles. The fraction of sp³-hybridized carbons (Fsp3) is 0.261. The van der Waals surface area contributed by atoms with Crippen LogP contribution in [0.25, 0.3) is 10.9 Å². The van der Waals surface area contributed by atoms with Gasteiger partial charge in [0.25, 0.3) is 0 Å². The number of amides is 1. The van der Waals surface area contributed by atoms with Gasteiger partial charge in [0.1, 0.15) is 11.6 Å². The zero-order valence-corrected chi connectivity index (χ0v) is 16.9. The lowest BCUT2D eigenvalue weighted by Crippen LogP contribution is -2.23. The largest absolute Gasteiger partial charge is 0.497 e. The highest BCUT2D eigenvalue weighted by molar-refractivity contribution is 6.00. The van der Waals surface area contributed by atoms with Gasteiger partial charge in [-0.3, -0.25) is 10.2 Å². The van der Waals surface area contributed by atoms with E-state index in [0.29, 0.717) is 12.2 Å². The highest BCUT2D eigenvalue weighted by atomic mass is 16.5. The predicted molar refractivity (Wildman–Crippen MR) is 117 cm³/mol. The van der Waals surface area contributed by atoms with E-state index in [1.165, 1.54) is 0 Å². The predicted octanol–water partition coefficient (Wildman–Crippen LogP) is 4.51. The minimum absolute atomic E-state index is 0.194. The molecule has 4 rings (SSSR count). The molecule has 0 bridgehead atoms. The molecular formula is C23H24N4O2. The zero-order chi connectivity index (χ0) is 20.4. The quantitative estimate of drug-likeness (QED) is 0.516. The molecule has 0 saturated carbocycles. The number of ether oxygens (including phenoxy) is 1. The number of fused-ring (bicyclic) bond motifs is 1. The number of pyridine rings is 1. The molecule has 0 spiro atoms. The third kappa shape index (κ3) is 3.92. The van der Waals surface area contributed by atoms with Gasteiger partial charge in [-0.15, -0.1) is 0 Å². The number of nitrogens with zero attached hydrogens (tertiary/aromatic N) is 3. The fourth-order valence-corrected chi connectivity index (χ4v) is 3.58. The minimum atomic E-state index is 0.194. The first-order valence-corrected chi connectivity index (χ1v) is 9.71. The van der Waals surface area contributed by atoms with Crippen LogP contribution in [0.5, 0.6) is 5.75 Å². The SMILES string of the molecule is COc1ccc2c(C)cc(N/N=C(/C)c3ccc(N4CCCC4=O)cc3)nc2c1. The average molecular weight is 388 g/mol. The first kappa shape index (κ1) is 18.9.